The molecular weight excluding hydrogens is 270 g/mol. The lowest BCUT2D eigenvalue weighted by Gasteiger charge is -2.26. The number of nitrogens with zero attached hydrogens (tertiary/aromatic N) is 2. The summed E-state index contributed by atoms with van der Waals surface area (Å²) in [6, 6.07) is 4.80. The van der Waals surface area contributed by atoms with E-state index >= 15 is 0 Å². The number of benzene rings is 1. The lowest BCUT2D eigenvalue weighted by Crippen LogP contribution is -2.33. The van der Waals surface area contributed by atoms with Crippen LogP contribution in [-0.4, -0.2) is 46.2 Å². The average molecular weight is 291 g/mol. The summed E-state index contributed by atoms with van der Waals surface area (Å²) in [5.74, 6) is -0.827. The van der Waals surface area contributed by atoms with E-state index in [9.17, 15) is 14.7 Å². The number of para-hydroxylation sites is 1. The Balaban J connectivity index is 2.74. The van der Waals surface area contributed by atoms with Crippen LogP contribution in [0, 0.1) is 5.92 Å². The van der Waals surface area contributed by atoms with Crippen LogP contribution in [0.2, 0.25) is 0 Å². The smallest absolute Gasteiger partial charge is 0.337 e. The van der Waals surface area contributed by atoms with Gasteiger partial charge in [0.05, 0.1) is 22.6 Å². The second-order valence-electron chi connectivity index (χ2n) is 5.88. The molecule has 21 heavy (non-hydrogen) atoms. The molecule has 0 aliphatic heterocycles. The Morgan fingerprint density at radius 3 is 2.57 bits per heavy atom. The normalized spacial score (nSPS) is 13.2. The van der Waals surface area contributed by atoms with Gasteiger partial charge in [-0.2, -0.15) is 0 Å². The third-order valence-electron chi connectivity index (χ3n) is 3.62. The Morgan fingerprint density at radius 1 is 1.38 bits per heavy atom. The Labute approximate surface area is 123 Å². The first-order valence-corrected chi connectivity index (χ1v) is 6.94. The summed E-state index contributed by atoms with van der Waals surface area (Å²) < 4.78 is 1.59. The van der Waals surface area contributed by atoms with E-state index in [1.807, 2.05) is 32.8 Å². The highest BCUT2D eigenvalue weighted by Crippen LogP contribution is 2.24. The van der Waals surface area contributed by atoms with Crippen molar-refractivity contribution in [2.45, 2.75) is 19.9 Å². The minimum absolute atomic E-state index is 0.0956. The summed E-state index contributed by atoms with van der Waals surface area (Å²) in [4.78, 5) is 28.5. The number of rotatable bonds is 5. The van der Waals surface area contributed by atoms with Gasteiger partial charge in [0.2, 0.25) is 0 Å². The maximum absolute atomic E-state index is 12.3. The number of fused-ring (bicyclic) bond motifs is 1. The van der Waals surface area contributed by atoms with E-state index in [2.05, 4.69) is 4.98 Å². The van der Waals surface area contributed by atoms with Crippen molar-refractivity contribution in [3.8, 4) is 0 Å². The predicted octanol–water partition coefficient (Wildman–Crippen LogP) is 1.79. The van der Waals surface area contributed by atoms with Crippen molar-refractivity contribution < 1.29 is 9.90 Å². The summed E-state index contributed by atoms with van der Waals surface area (Å²) in [5, 5.41) is 9.38. The molecular formula is C15H21N3O3. The number of hydrogen-bond donors (Lipinski definition) is 2. The maximum Gasteiger partial charge on any atom is 0.337 e. The molecule has 0 bridgehead atoms. The summed E-state index contributed by atoms with van der Waals surface area (Å²) in [7, 11) is 3.88. The van der Waals surface area contributed by atoms with Gasteiger partial charge in [-0.15, -0.1) is 0 Å². The Bertz CT molecular complexity index is 713. The monoisotopic (exact) mass is 291 g/mol. The van der Waals surface area contributed by atoms with Crippen molar-refractivity contribution >= 4 is 17.0 Å². The van der Waals surface area contributed by atoms with Gasteiger partial charge in [-0.3, -0.25) is 4.57 Å². The van der Waals surface area contributed by atoms with Gasteiger partial charge in [-0.25, -0.2) is 9.59 Å². The van der Waals surface area contributed by atoms with Crippen molar-refractivity contribution in [1.29, 1.82) is 0 Å². The minimum atomic E-state index is -1.03. The maximum atomic E-state index is 12.3. The van der Waals surface area contributed by atoms with E-state index in [-0.39, 0.29) is 23.2 Å². The zero-order chi connectivity index (χ0) is 15.7. The molecule has 0 saturated heterocycles. The SMILES string of the molecule is CC(C)C(CN(C)C)n1c(=O)[nH]c2cccc(C(=O)O)c21. The Hall–Kier alpha value is -2.08. The van der Waals surface area contributed by atoms with Gasteiger partial charge in [-0.05, 0) is 32.1 Å². The molecule has 0 amide bonds. The predicted molar refractivity (Wildman–Crippen MR) is 81.9 cm³/mol. The third kappa shape index (κ3) is 2.85. The first kappa shape index (κ1) is 15.3. The molecule has 2 aromatic rings. The van der Waals surface area contributed by atoms with Gasteiger partial charge in [0.25, 0.3) is 0 Å². The van der Waals surface area contributed by atoms with Gasteiger partial charge in [-0.1, -0.05) is 19.9 Å². The number of nitrogens with one attached hydrogen (secondary N) is 1. The minimum Gasteiger partial charge on any atom is -0.478 e. The van der Waals surface area contributed by atoms with Crippen LogP contribution in [0.4, 0.5) is 0 Å². The highest BCUT2D eigenvalue weighted by atomic mass is 16.4. The molecule has 6 nitrogen and oxygen atoms in total. The van der Waals surface area contributed by atoms with Crippen LogP contribution in [0.3, 0.4) is 0 Å². The zero-order valence-corrected chi connectivity index (χ0v) is 12.8. The lowest BCUT2D eigenvalue weighted by atomic mass is 10.0. The first-order chi connectivity index (χ1) is 9.82. The lowest BCUT2D eigenvalue weighted by molar-refractivity contribution is 0.0698. The molecule has 0 spiro atoms. The standard InChI is InChI=1S/C15H21N3O3/c1-9(2)12(8-17(3)4)18-13-10(14(19)20)6-5-7-11(13)16-15(18)21/h5-7,9,12H,8H2,1-4H3,(H,16,21)(H,19,20). The Morgan fingerprint density at radius 2 is 2.05 bits per heavy atom. The van der Waals surface area contributed by atoms with E-state index in [4.69, 9.17) is 0 Å². The fourth-order valence-electron chi connectivity index (χ4n) is 2.63. The molecule has 1 atom stereocenters. The van der Waals surface area contributed by atoms with Crippen molar-refractivity contribution in [3.63, 3.8) is 0 Å². The van der Waals surface area contributed by atoms with Crippen LogP contribution in [0.25, 0.3) is 11.0 Å². The van der Waals surface area contributed by atoms with Gasteiger partial charge < -0.3 is 15.0 Å². The van der Waals surface area contributed by atoms with Crippen LogP contribution in [-0.2, 0) is 0 Å². The number of aromatic nitrogens is 2. The molecule has 1 aromatic heterocycles. The molecule has 0 aliphatic rings. The molecule has 0 saturated carbocycles. The highest BCUT2D eigenvalue weighted by molar-refractivity contribution is 6.01. The first-order valence-electron chi connectivity index (χ1n) is 6.94. The Kier molecular flexibility index (Phi) is 4.18. The number of aromatic amines is 1. The number of aromatic carboxylic acids is 1. The van der Waals surface area contributed by atoms with E-state index in [0.717, 1.165) is 0 Å². The number of carboxylic acid groups (broad SMARTS) is 1. The van der Waals surface area contributed by atoms with E-state index < -0.39 is 5.97 Å². The molecule has 1 aromatic carbocycles. The second-order valence-corrected chi connectivity index (χ2v) is 5.88. The van der Waals surface area contributed by atoms with Crippen LogP contribution >= 0.6 is 0 Å². The largest absolute Gasteiger partial charge is 0.478 e. The molecule has 0 fully saturated rings. The summed E-state index contributed by atoms with van der Waals surface area (Å²) in [6.45, 7) is 4.73. The van der Waals surface area contributed by atoms with Gasteiger partial charge in [0.1, 0.15) is 0 Å². The third-order valence-corrected chi connectivity index (χ3v) is 3.62. The second kappa shape index (κ2) is 5.73. The van der Waals surface area contributed by atoms with Crippen molar-refractivity contribution in [2.75, 3.05) is 20.6 Å². The topological polar surface area (TPSA) is 78.3 Å². The fraction of sp³-hybridized carbons (Fsp3) is 0.467. The molecule has 1 unspecified atom stereocenters. The number of carbonyl (C=O) groups is 1. The van der Waals surface area contributed by atoms with Gasteiger partial charge in [0, 0.05) is 6.54 Å². The van der Waals surface area contributed by atoms with Crippen LogP contribution in [0.1, 0.15) is 30.2 Å². The molecule has 6 heteroatoms. The molecule has 114 valence electrons. The number of imidazole rings is 1. The van der Waals surface area contributed by atoms with Crippen molar-refractivity contribution in [3.05, 3.63) is 34.2 Å². The van der Waals surface area contributed by atoms with Crippen LogP contribution in [0.15, 0.2) is 23.0 Å². The van der Waals surface area contributed by atoms with E-state index in [1.165, 1.54) is 6.07 Å². The number of hydrogen-bond acceptors (Lipinski definition) is 3. The molecule has 1 heterocycles. The van der Waals surface area contributed by atoms with Crippen LogP contribution in [0.5, 0.6) is 0 Å². The molecule has 0 aliphatic carbocycles. The van der Waals surface area contributed by atoms with Crippen molar-refractivity contribution in [1.82, 2.24) is 14.5 Å². The van der Waals surface area contributed by atoms with Crippen molar-refractivity contribution in [2.24, 2.45) is 5.92 Å². The van der Waals surface area contributed by atoms with E-state index in [0.29, 0.717) is 17.6 Å². The highest BCUT2D eigenvalue weighted by Gasteiger charge is 2.24. The molecule has 0 radical (unpaired) electrons. The number of likely N-dealkylation sites (N-methyl/N-ethyl adjacent to an activating group) is 1. The van der Waals surface area contributed by atoms with Crippen LogP contribution < -0.4 is 5.69 Å². The molecule has 2 N–H and O–H groups in total. The summed E-state index contributed by atoms with van der Waals surface area (Å²) >= 11 is 0. The molecule has 2 rings (SSSR count). The van der Waals surface area contributed by atoms with Gasteiger partial charge in [0.15, 0.2) is 0 Å². The number of carboxylic acids is 1. The quantitative estimate of drug-likeness (QED) is 0.880. The average Bonchev–Trinajstić information content (AvgIpc) is 2.70. The van der Waals surface area contributed by atoms with Gasteiger partial charge >= 0.3 is 11.7 Å². The fourth-order valence-corrected chi connectivity index (χ4v) is 2.63. The number of H-pyrrole nitrogens is 1. The summed E-state index contributed by atoms with van der Waals surface area (Å²) in [5.41, 5.74) is 0.911. The van der Waals surface area contributed by atoms with E-state index in [1.54, 1.807) is 16.7 Å². The zero-order valence-electron chi connectivity index (χ0n) is 12.8. The summed E-state index contributed by atoms with van der Waals surface area (Å²) in [6.07, 6.45) is 0.